The number of halogens is 1. The molecule has 1 saturated heterocycles. The minimum absolute atomic E-state index is 0.0598. The molecule has 0 radical (unpaired) electrons. The Labute approximate surface area is 129 Å². The molecule has 1 aliphatic rings. The fourth-order valence-corrected chi connectivity index (χ4v) is 4.61. The SMILES string of the molecule is COCC1CCN(S(=O)(=O)c2ccc(S(=O)(=O)Cl)cc2)C1. The first-order chi connectivity index (χ1) is 9.75. The summed E-state index contributed by atoms with van der Waals surface area (Å²) in [5.74, 6) is 0.187. The summed E-state index contributed by atoms with van der Waals surface area (Å²) in [5.41, 5.74) is 0. The molecule has 0 spiro atoms. The number of ether oxygens (including phenoxy) is 1. The summed E-state index contributed by atoms with van der Waals surface area (Å²) in [7, 11) is -0.675. The molecule has 1 aromatic carbocycles. The highest BCUT2D eigenvalue weighted by molar-refractivity contribution is 8.13. The van der Waals surface area contributed by atoms with Gasteiger partial charge in [-0.25, -0.2) is 16.8 Å². The van der Waals surface area contributed by atoms with E-state index in [1.54, 1.807) is 7.11 Å². The zero-order chi connectivity index (χ0) is 15.7. The van der Waals surface area contributed by atoms with Crippen LogP contribution in [0.25, 0.3) is 0 Å². The third-order valence-corrected chi connectivity index (χ3v) is 6.64. The molecular weight excluding hydrogens is 338 g/mol. The van der Waals surface area contributed by atoms with Gasteiger partial charge in [0.25, 0.3) is 9.05 Å². The highest BCUT2D eigenvalue weighted by Crippen LogP contribution is 2.25. The van der Waals surface area contributed by atoms with E-state index < -0.39 is 19.1 Å². The predicted octanol–water partition coefficient (Wildman–Crippen LogP) is 1.27. The lowest BCUT2D eigenvalue weighted by Gasteiger charge is -2.16. The van der Waals surface area contributed by atoms with Gasteiger partial charge in [0.05, 0.1) is 16.4 Å². The van der Waals surface area contributed by atoms with Crippen molar-refractivity contribution >= 4 is 29.8 Å². The van der Waals surface area contributed by atoms with Crippen LogP contribution in [-0.4, -0.2) is 47.9 Å². The molecular formula is C12H16ClNO5S2. The third-order valence-electron chi connectivity index (χ3n) is 3.39. The van der Waals surface area contributed by atoms with Gasteiger partial charge in [0.1, 0.15) is 0 Å². The van der Waals surface area contributed by atoms with E-state index in [0.717, 1.165) is 6.42 Å². The number of sulfonamides is 1. The molecule has 1 aliphatic heterocycles. The maximum Gasteiger partial charge on any atom is 0.261 e. The van der Waals surface area contributed by atoms with Crippen molar-refractivity contribution in [2.75, 3.05) is 26.8 Å². The molecule has 0 aliphatic carbocycles. The maximum atomic E-state index is 12.4. The number of nitrogens with zero attached hydrogens (tertiary/aromatic N) is 1. The summed E-state index contributed by atoms with van der Waals surface area (Å²) in [4.78, 5) is -0.0635. The van der Waals surface area contributed by atoms with Gasteiger partial charge in [-0.3, -0.25) is 0 Å². The van der Waals surface area contributed by atoms with Gasteiger partial charge in [-0.15, -0.1) is 0 Å². The summed E-state index contributed by atoms with van der Waals surface area (Å²) in [6.45, 7) is 1.37. The van der Waals surface area contributed by atoms with E-state index in [9.17, 15) is 16.8 Å². The van der Waals surface area contributed by atoms with Gasteiger partial charge in [0.2, 0.25) is 10.0 Å². The summed E-state index contributed by atoms with van der Waals surface area (Å²) in [5, 5.41) is 0. The highest BCUT2D eigenvalue weighted by atomic mass is 35.7. The molecule has 6 nitrogen and oxygen atoms in total. The lowest BCUT2D eigenvalue weighted by molar-refractivity contribution is 0.157. The molecule has 1 fully saturated rings. The van der Waals surface area contributed by atoms with Crippen LogP contribution in [0.1, 0.15) is 6.42 Å². The van der Waals surface area contributed by atoms with Crippen LogP contribution >= 0.6 is 10.7 Å². The zero-order valence-corrected chi connectivity index (χ0v) is 13.8. The first-order valence-corrected chi connectivity index (χ1v) is 10.0. The average molecular weight is 354 g/mol. The number of hydrogen-bond donors (Lipinski definition) is 0. The first kappa shape index (κ1) is 16.7. The largest absolute Gasteiger partial charge is 0.384 e. The molecule has 118 valence electrons. The van der Waals surface area contributed by atoms with Gasteiger partial charge >= 0.3 is 0 Å². The molecule has 9 heteroatoms. The lowest BCUT2D eigenvalue weighted by atomic mass is 10.1. The Hall–Kier alpha value is -0.670. The van der Waals surface area contributed by atoms with Crippen LogP contribution in [0, 0.1) is 5.92 Å². The van der Waals surface area contributed by atoms with Crippen LogP contribution in [0.2, 0.25) is 0 Å². The van der Waals surface area contributed by atoms with Crippen LogP contribution in [0.5, 0.6) is 0 Å². The summed E-state index contributed by atoms with van der Waals surface area (Å²) >= 11 is 0. The van der Waals surface area contributed by atoms with E-state index in [-0.39, 0.29) is 15.7 Å². The van der Waals surface area contributed by atoms with Crippen LogP contribution < -0.4 is 0 Å². The predicted molar refractivity (Wildman–Crippen MR) is 78.2 cm³/mol. The van der Waals surface area contributed by atoms with Gasteiger partial charge < -0.3 is 4.74 Å². The zero-order valence-electron chi connectivity index (χ0n) is 11.4. The van der Waals surface area contributed by atoms with E-state index in [4.69, 9.17) is 15.4 Å². The fourth-order valence-electron chi connectivity index (χ4n) is 2.31. The quantitative estimate of drug-likeness (QED) is 0.745. The van der Waals surface area contributed by atoms with Gasteiger partial charge in [0.15, 0.2) is 0 Å². The molecule has 1 heterocycles. The van der Waals surface area contributed by atoms with Gasteiger partial charge in [-0.2, -0.15) is 4.31 Å². The number of methoxy groups -OCH3 is 1. The molecule has 0 N–H and O–H groups in total. The second kappa shape index (κ2) is 6.21. The minimum Gasteiger partial charge on any atom is -0.384 e. The summed E-state index contributed by atoms with van der Waals surface area (Å²) in [6, 6.07) is 4.90. The van der Waals surface area contributed by atoms with Gasteiger partial charge in [-0.1, -0.05) is 0 Å². The number of hydrogen-bond acceptors (Lipinski definition) is 5. The molecule has 0 aromatic heterocycles. The van der Waals surface area contributed by atoms with Gasteiger partial charge in [-0.05, 0) is 36.6 Å². The van der Waals surface area contributed by atoms with Crippen molar-refractivity contribution in [3.63, 3.8) is 0 Å². The molecule has 21 heavy (non-hydrogen) atoms. The van der Waals surface area contributed by atoms with Crippen LogP contribution in [0.4, 0.5) is 0 Å². The van der Waals surface area contributed by atoms with Crippen molar-refractivity contribution in [3.05, 3.63) is 24.3 Å². The second-order valence-electron chi connectivity index (χ2n) is 4.88. The Morgan fingerprint density at radius 2 is 1.76 bits per heavy atom. The maximum absolute atomic E-state index is 12.4. The first-order valence-electron chi connectivity index (χ1n) is 6.29. The van der Waals surface area contributed by atoms with Crippen LogP contribution in [-0.2, 0) is 23.8 Å². The lowest BCUT2D eigenvalue weighted by Crippen LogP contribution is -2.29. The molecule has 0 amide bonds. The highest BCUT2D eigenvalue weighted by Gasteiger charge is 2.32. The van der Waals surface area contributed by atoms with E-state index in [1.165, 1.54) is 28.6 Å². The Morgan fingerprint density at radius 3 is 2.29 bits per heavy atom. The van der Waals surface area contributed by atoms with Crippen molar-refractivity contribution in [3.8, 4) is 0 Å². The molecule has 1 unspecified atom stereocenters. The summed E-state index contributed by atoms with van der Waals surface area (Å²) < 4.78 is 53.6. The molecule has 0 saturated carbocycles. The Bertz CT molecular complexity index is 700. The van der Waals surface area contributed by atoms with Crippen molar-refractivity contribution in [2.45, 2.75) is 16.2 Å². The monoisotopic (exact) mass is 353 g/mol. The van der Waals surface area contributed by atoms with Crippen LogP contribution in [0.3, 0.4) is 0 Å². The van der Waals surface area contributed by atoms with Crippen molar-refractivity contribution in [1.82, 2.24) is 4.31 Å². The Balaban J connectivity index is 2.21. The molecule has 1 aromatic rings. The third kappa shape index (κ3) is 3.75. The van der Waals surface area contributed by atoms with E-state index >= 15 is 0 Å². The minimum atomic E-state index is -3.85. The average Bonchev–Trinajstić information content (AvgIpc) is 2.88. The normalized spacial score (nSPS) is 20.8. The Kier molecular flexibility index (Phi) is 4.94. The molecule has 2 rings (SSSR count). The van der Waals surface area contributed by atoms with Crippen molar-refractivity contribution in [1.29, 1.82) is 0 Å². The van der Waals surface area contributed by atoms with E-state index in [1.807, 2.05) is 0 Å². The molecule has 0 bridgehead atoms. The van der Waals surface area contributed by atoms with Crippen LogP contribution in [0.15, 0.2) is 34.1 Å². The Morgan fingerprint density at radius 1 is 1.19 bits per heavy atom. The van der Waals surface area contributed by atoms with E-state index in [2.05, 4.69) is 0 Å². The van der Waals surface area contributed by atoms with Crippen molar-refractivity contribution < 1.29 is 21.6 Å². The van der Waals surface area contributed by atoms with E-state index in [0.29, 0.717) is 19.7 Å². The van der Waals surface area contributed by atoms with Crippen molar-refractivity contribution in [2.24, 2.45) is 5.92 Å². The second-order valence-corrected chi connectivity index (χ2v) is 9.39. The topological polar surface area (TPSA) is 80.8 Å². The number of rotatable bonds is 5. The standard InChI is InChI=1S/C12H16ClNO5S2/c1-19-9-10-6-7-14(8-10)21(17,18)12-4-2-11(3-5-12)20(13,15)16/h2-5,10H,6-9H2,1H3. The summed E-state index contributed by atoms with van der Waals surface area (Å²) in [6.07, 6.45) is 0.751. The fraction of sp³-hybridized carbons (Fsp3) is 0.500. The smallest absolute Gasteiger partial charge is 0.261 e. The number of benzene rings is 1. The molecule has 1 atom stereocenters. The van der Waals surface area contributed by atoms with Gasteiger partial charge in [0, 0.05) is 30.9 Å².